The van der Waals surface area contributed by atoms with Crippen LogP contribution in [-0.4, -0.2) is 20.2 Å². The zero-order valence-electron chi connectivity index (χ0n) is 18.1. The third kappa shape index (κ3) is 5.78. The molecule has 3 aromatic carbocycles. The van der Waals surface area contributed by atoms with E-state index in [1.807, 2.05) is 31.2 Å². The van der Waals surface area contributed by atoms with Crippen molar-refractivity contribution in [1.29, 1.82) is 0 Å². The molecule has 0 radical (unpaired) electrons. The van der Waals surface area contributed by atoms with Crippen LogP contribution in [0.1, 0.15) is 41.7 Å². The van der Waals surface area contributed by atoms with Gasteiger partial charge in [-0.2, -0.15) is 0 Å². The molecule has 0 aromatic heterocycles. The first kappa shape index (κ1) is 22.5. The maximum absolute atomic E-state index is 12.6. The normalized spacial score (nSPS) is 14.2. The average molecular weight is 464 g/mol. The van der Waals surface area contributed by atoms with Crippen molar-refractivity contribution in [3.63, 3.8) is 0 Å². The van der Waals surface area contributed by atoms with Gasteiger partial charge in [-0.3, -0.25) is 14.3 Å². The topological polar surface area (TPSA) is 104 Å². The predicted octanol–water partition coefficient (Wildman–Crippen LogP) is 4.33. The van der Waals surface area contributed by atoms with Gasteiger partial charge < -0.3 is 10.6 Å². The summed E-state index contributed by atoms with van der Waals surface area (Å²) in [6.45, 7) is 1.86. The van der Waals surface area contributed by atoms with Gasteiger partial charge in [0.1, 0.15) is 0 Å². The van der Waals surface area contributed by atoms with Crippen molar-refractivity contribution in [3.8, 4) is 0 Å². The van der Waals surface area contributed by atoms with E-state index in [1.54, 1.807) is 30.3 Å². The molecule has 33 heavy (non-hydrogen) atoms. The molecule has 0 spiro atoms. The third-order valence-corrected chi connectivity index (χ3v) is 6.82. The number of benzene rings is 3. The second kappa shape index (κ2) is 9.46. The van der Waals surface area contributed by atoms with Gasteiger partial charge in [0.25, 0.3) is 15.9 Å². The zero-order chi connectivity index (χ0) is 23.4. The lowest BCUT2D eigenvalue weighted by Gasteiger charge is -2.15. The van der Waals surface area contributed by atoms with Crippen LogP contribution in [0.3, 0.4) is 0 Å². The van der Waals surface area contributed by atoms with Crippen LogP contribution in [0, 0.1) is 5.92 Å². The predicted molar refractivity (Wildman–Crippen MR) is 127 cm³/mol. The smallest absolute Gasteiger partial charge is 0.261 e. The van der Waals surface area contributed by atoms with E-state index in [4.69, 9.17) is 0 Å². The highest BCUT2D eigenvalue weighted by atomic mass is 32.2. The Bertz CT molecular complexity index is 1240. The summed E-state index contributed by atoms with van der Waals surface area (Å²) in [5.41, 5.74) is 2.44. The Kier molecular flexibility index (Phi) is 6.46. The van der Waals surface area contributed by atoms with Crippen molar-refractivity contribution < 1.29 is 18.0 Å². The number of amides is 2. The molecule has 4 rings (SSSR count). The van der Waals surface area contributed by atoms with E-state index < -0.39 is 10.0 Å². The minimum Gasteiger partial charge on any atom is -0.346 e. The summed E-state index contributed by atoms with van der Waals surface area (Å²) >= 11 is 0. The molecule has 2 amide bonds. The number of carbonyl (C=O) groups excluding carboxylic acids is 2. The molecular weight excluding hydrogens is 438 g/mol. The highest BCUT2D eigenvalue weighted by molar-refractivity contribution is 7.92. The fourth-order valence-electron chi connectivity index (χ4n) is 3.31. The summed E-state index contributed by atoms with van der Waals surface area (Å²) in [7, 11) is -3.75. The van der Waals surface area contributed by atoms with Gasteiger partial charge in [-0.15, -0.1) is 0 Å². The largest absolute Gasteiger partial charge is 0.346 e. The molecule has 3 N–H and O–H groups in total. The molecule has 1 aliphatic carbocycles. The Labute approximate surface area is 193 Å². The van der Waals surface area contributed by atoms with Crippen LogP contribution in [0.25, 0.3) is 0 Å². The summed E-state index contributed by atoms with van der Waals surface area (Å²) in [4.78, 5) is 24.6. The van der Waals surface area contributed by atoms with Gasteiger partial charge in [0.05, 0.1) is 10.9 Å². The van der Waals surface area contributed by atoms with Crippen molar-refractivity contribution in [2.75, 3.05) is 10.0 Å². The number of rotatable bonds is 8. The van der Waals surface area contributed by atoms with Crippen LogP contribution in [-0.2, 0) is 14.8 Å². The van der Waals surface area contributed by atoms with E-state index in [9.17, 15) is 18.0 Å². The first-order valence-electron chi connectivity index (χ1n) is 10.7. The number of hydrogen-bond donors (Lipinski definition) is 3. The van der Waals surface area contributed by atoms with Crippen molar-refractivity contribution in [2.24, 2.45) is 5.92 Å². The molecule has 1 saturated carbocycles. The number of carbonyl (C=O) groups is 2. The average Bonchev–Trinajstić information content (AvgIpc) is 3.66. The number of sulfonamides is 1. The summed E-state index contributed by atoms with van der Waals surface area (Å²) < 4.78 is 27.6. The summed E-state index contributed by atoms with van der Waals surface area (Å²) in [5, 5.41) is 5.80. The molecule has 170 valence electrons. The van der Waals surface area contributed by atoms with E-state index in [0.29, 0.717) is 11.3 Å². The second-order valence-electron chi connectivity index (χ2n) is 8.08. The molecular formula is C25H25N3O4S. The molecule has 0 bridgehead atoms. The quantitative estimate of drug-likeness (QED) is 0.463. The van der Waals surface area contributed by atoms with Crippen molar-refractivity contribution in [3.05, 3.63) is 90.0 Å². The fourth-order valence-corrected chi connectivity index (χ4v) is 4.37. The molecule has 1 atom stereocenters. The van der Waals surface area contributed by atoms with E-state index in [2.05, 4.69) is 15.4 Å². The molecule has 0 saturated heterocycles. The molecule has 3 aromatic rings. The first-order chi connectivity index (χ1) is 15.8. The molecule has 1 unspecified atom stereocenters. The molecule has 1 aliphatic rings. The standard InChI is InChI=1S/C25H25N3O4S/c1-17(18-9-13-21(14-10-18)27-25(30)19-7-8-19)26-24(29)20-11-15-23(16-12-20)33(31,32)28-22-5-3-2-4-6-22/h2-6,9-17,19,28H,7-8H2,1H3,(H,26,29)(H,27,30). The maximum atomic E-state index is 12.6. The fraction of sp³-hybridized carbons (Fsp3) is 0.200. The van der Waals surface area contributed by atoms with Crippen LogP contribution in [0.2, 0.25) is 0 Å². The Balaban J connectivity index is 1.36. The highest BCUT2D eigenvalue weighted by Crippen LogP contribution is 2.30. The van der Waals surface area contributed by atoms with Gasteiger partial charge >= 0.3 is 0 Å². The van der Waals surface area contributed by atoms with Crippen molar-refractivity contribution >= 4 is 33.2 Å². The van der Waals surface area contributed by atoms with Crippen molar-refractivity contribution in [1.82, 2.24) is 5.32 Å². The number of para-hydroxylation sites is 1. The number of hydrogen-bond acceptors (Lipinski definition) is 4. The number of anilines is 2. The first-order valence-corrected chi connectivity index (χ1v) is 12.2. The zero-order valence-corrected chi connectivity index (χ0v) is 18.9. The molecule has 7 nitrogen and oxygen atoms in total. The summed E-state index contributed by atoms with van der Waals surface area (Å²) in [5.74, 6) is -0.125. The van der Waals surface area contributed by atoms with Crippen molar-refractivity contribution in [2.45, 2.75) is 30.7 Å². The third-order valence-electron chi connectivity index (χ3n) is 5.43. The Morgan fingerprint density at radius 3 is 2.09 bits per heavy atom. The molecule has 8 heteroatoms. The van der Waals surface area contributed by atoms with Crippen LogP contribution >= 0.6 is 0 Å². The summed E-state index contributed by atoms with van der Waals surface area (Å²) in [6.07, 6.45) is 1.90. The minimum atomic E-state index is -3.75. The van der Waals surface area contributed by atoms with Crippen LogP contribution < -0.4 is 15.4 Å². The maximum Gasteiger partial charge on any atom is 0.261 e. The van der Waals surface area contributed by atoms with E-state index in [1.165, 1.54) is 24.3 Å². The van der Waals surface area contributed by atoms with Gasteiger partial charge in [-0.1, -0.05) is 30.3 Å². The second-order valence-corrected chi connectivity index (χ2v) is 9.76. The summed E-state index contributed by atoms with van der Waals surface area (Å²) in [6, 6.07) is 21.5. The van der Waals surface area contributed by atoms with Crippen LogP contribution in [0.5, 0.6) is 0 Å². The van der Waals surface area contributed by atoms with Gasteiger partial charge in [0.2, 0.25) is 5.91 Å². The van der Waals surface area contributed by atoms with Gasteiger partial charge in [0.15, 0.2) is 0 Å². The lowest BCUT2D eigenvalue weighted by Crippen LogP contribution is -2.26. The molecule has 0 heterocycles. The van der Waals surface area contributed by atoms with Crippen LogP contribution in [0.4, 0.5) is 11.4 Å². The Morgan fingerprint density at radius 2 is 1.48 bits per heavy atom. The molecule has 0 aliphatic heterocycles. The Hall–Kier alpha value is -3.65. The van der Waals surface area contributed by atoms with E-state index >= 15 is 0 Å². The van der Waals surface area contributed by atoms with Crippen LogP contribution in [0.15, 0.2) is 83.8 Å². The van der Waals surface area contributed by atoms with E-state index in [-0.39, 0.29) is 28.7 Å². The number of nitrogens with one attached hydrogen (secondary N) is 3. The van der Waals surface area contributed by atoms with E-state index in [0.717, 1.165) is 24.1 Å². The highest BCUT2D eigenvalue weighted by Gasteiger charge is 2.29. The SMILES string of the molecule is CC(NC(=O)c1ccc(S(=O)(=O)Nc2ccccc2)cc1)c1ccc(NC(=O)C2CC2)cc1. The lowest BCUT2D eigenvalue weighted by atomic mass is 10.1. The lowest BCUT2D eigenvalue weighted by molar-refractivity contribution is -0.117. The van der Waals surface area contributed by atoms with Gasteiger partial charge in [-0.25, -0.2) is 8.42 Å². The Morgan fingerprint density at radius 1 is 0.848 bits per heavy atom. The minimum absolute atomic E-state index is 0.0496. The van der Waals surface area contributed by atoms with Gasteiger partial charge in [-0.05, 0) is 73.9 Å². The van der Waals surface area contributed by atoms with Gasteiger partial charge in [0, 0.05) is 22.9 Å². The molecule has 1 fully saturated rings. The monoisotopic (exact) mass is 463 g/mol.